The Labute approximate surface area is 110 Å². The van der Waals surface area contributed by atoms with Crippen molar-refractivity contribution in [3.63, 3.8) is 0 Å². The Bertz CT molecular complexity index is 409. The van der Waals surface area contributed by atoms with Crippen molar-refractivity contribution in [2.24, 2.45) is 11.7 Å². The second-order valence-corrected chi connectivity index (χ2v) is 5.61. The third-order valence-corrected chi connectivity index (χ3v) is 4.55. The van der Waals surface area contributed by atoms with Crippen LogP contribution in [0.2, 0.25) is 5.15 Å². The number of nitrogens with two attached hydrogens (primary N) is 1. The van der Waals surface area contributed by atoms with E-state index in [2.05, 4.69) is 11.9 Å². The summed E-state index contributed by atoms with van der Waals surface area (Å²) in [6.07, 6.45) is 2.15. The van der Waals surface area contributed by atoms with Crippen LogP contribution >= 0.6 is 22.9 Å². The quantitative estimate of drug-likeness (QED) is 0.897. The van der Waals surface area contributed by atoms with Crippen LogP contribution in [0.3, 0.4) is 0 Å². The maximum absolute atomic E-state index is 12.4. The molecule has 94 valence electrons. The molecule has 1 fully saturated rings. The molecule has 0 bridgehead atoms. The highest BCUT2D eigenvalue weighted by molar-refractivity contribution is 7.12. The fraction of sp³-hybridized carbons (Fsp3) is 0.636. The number of thiazole rings is 1. The van der Waals surface area contributed by atoms with E-state index in [-0.39, 0.29) is 11.9 Å². The van der Waals surface area contributed by atoms with Crippen molar-refractivity contribution in [2.45, 2.75) is 25.8 Å². The van der Waals surface area contributed by atoms with Crippen LogP contribution in [0.15, 0.2) is 5.51 Å². The minimum atomic E-state index is -0.0282. The van der Waals surface area contributed by atoms with Gasteiger partial charge in [0.2, 0.25) is 0 Å². The first kappa shape index (κ1) is 12.8. The molecule has 2 N–H and O–H groups in total. The number of rotatable bonds is 2. The Morgan fingerprint density at radius 2 is 2.53 bits per heavy atom. The van der Waals surface area contributed by atoms with Gasteiger partial charge in [-0.1, -0.05) is 18.5 Å². The standard InChI is InChI=1S/C11H16ClN3OS/c1-7-3-2-4-15(8(7)5-13)11(16)9-10(12)14-6-17-9/h6-8H,2-5,13H2,1H3/t7-,8+/m1/s1. The molecule has 1 aliphatic rings. The van der Waals surface area contributed by atoms with Crippen LogP contribution < -0.4 is 5.73 Å². The molecule has 17 heavy (non-hydrogen) atoms. The topological polar surface area (TPSA) is 59.2 Å². The zero-order valence-corrected chi connectivity index (χ0v) is 11.3. The van der Waals surface area contributed by atoms with Crippen LogP contribution in [-0.4, -0.2) is 34.9 Å². The smallest absolute Gasteiger partial charge is 0.267 e. The van der Waals surface area contributed by atoms with Crippen LogP contribution in [0, 0.1) is 5.92 Å². The summed E-state index contributed by atoms with van der Waals surface area (Å²) in [5, 5.41) is 0.300. The predicted molar refractivity (Wildman–Crippen MR) is 69.4 cm³/mol. The number of aromatic nitrogens is 1. The molecule has 0 aromatic carbocycles. The number of carbonyl (C=O) groups excluding carboxylic acids is 1. The van der Waals surface area contributed by atoms with Crippen molar-refractivity contribution in [3.8, 4) is 0 Å². The summed E-state index contributed by atoms with van der Waals surface area (Å²) in [5.74, 6) is 0.420. The summed E-state index contributed by atoms with van der Waals surface area (Å²) in [5.41, 5.74) is 7.37. The first-order chi connectivity index (χ1) is 8.15. The lowest BCUT2D eigenvalue weighted by Crippen LogP contribution is -2.51. The Morgan fingerprint density at radius 3 is 3.12 bits per heavy atom. The van der Waals surface area contributed by atoms with Crippen LogP contribution in [0.1, 0.15) is 29.4 Å². The Balaban J connectivity index is 2.21. The number of halogens is 1. The molecule has 0 unspecified atom stereocenters. The third kappa shape index (κ3) is 2.46. The van der Waals surface area contributed by atoms with E-state index in [4.69, 9.17) is 17.3 Å². The molecular weight excluding hydrogens is 258 g/mol. The molecule has 1 aliphatic heterocycles. The summed E-state index contributed by atoms with van der Waals surface area (Å²) < 4.78 is 0. The highest BCUT2D eigenvalue weighted by Gasteiger charge is 2.32. The molecule has 2 heterocycles. The number of carbonyl (C=O) groups is 1. The summed E-state index contributed by atoms with van der Waals surface area (Å²) in [4.78, 5) is 18.6. The van der Waals surface area contributed by atoms with Gasteiger partial charge >= 0.3 is 0 Å². The molecular formula is C11H16ClN3OS. The summed E-state index contributed by atoms with van der Waals surface area (Å²) in [6.45, 7) is 3.41. The van der Waals surface area contributed by atoms with E-state index in [0.717, 1.165) is 19.4 Å². The lowest BCUT2D eigenvalue weighted by molar-refractivity contribution is 0.0537. The van der Waals surface area contributed by atoms with Gasteiger partial charge in [-0.25, -0.2) is 4.98 Å². The highest BCUT2D eigenvalue weighted by atomic mass is 35.5. The average Bonchev–Trinajstić information content (AvgIpc) is 2.74. The fourth-order valence-corrected chi connectivity index (χ4v) is 3.32. The number of amides is 1. The molecule has 0 spiro atoms. The SMILES string of the molecule is C[C@@H]1CCCN(C(=O)c2scnc2Cl)[C@H]1CN. The van der Waals surface area contributed by atoms with Crippen LogP contribution in [-0.2, 0) is 0 Å². The molecule has 1 amide bonds. The molecule has 1 saturated heterocycles. The number of hydrogen-bond acceptors (Lipinski definition) is 4. The van der Waals surface area contributed by atoms with E-state index < -0.39 is 0 Å². The predicted octanol–water partition coefficient (Wildman–Crippen LogP) is 2.00. The van der Waals surface area contributed by atoms with Crippen LogP contribution in [0.25, 0.3) is 0 Å². The molecule has 4 nitrogen and oxygen atoms in total. The number of likely N-dealkylation sites (tertiary alicyclic amines) is 1. The van der Waals surface area contributed by atoms with E-state index >= 15 is 0 Å². The molecule has 2 rings (SSSR count). The maximum atomic E-state index is 12.4. The average molecular weight is 274 g/mol. The first-order valence-electron chi connectivity index (χ1n) is 5.75. The van der Waals surface area contributed by atoms with Crippen LogP contribution in [0.4, 0.5) is 0 Å². The Hall–Kier alpha value is -0.650. The number of piperidine rings is 1. The zero-order valence-electron chi connectivity index (χ0n) is 9.73. The van der Waals surface area contributed by atoms with Gasteiger partial charge < -0.3 is 10.6 Å². The normalized spacial score (nSPS) is 25.0. The van der Waals surface area contributed by atoms with Gasteiger partial charge in [-0.15, -0.1) is 11.3 Å². The van der Waals surface area contributed by atoms with Crippen molar-refractivity contribution < 1.29 is 4.79 Å². The molecule has 0 aliphatic carbocycles. The van der Waals surface area contributed by atoms with E-state index in [1.807, 2.05) is 4.90 Å². The fourth-order valence-electron chi connectivity index (χ4n) is 2.36. The Kier molecular flexibility index (Phi) is 4.01. The van der Waals surface area contributed by atoms with Gasteiger partial charge in [-0.3, -0.25) is 4.79 Å². The second kappa shape index (κ2) is 5.33. The van der Waals surface area contributed by atoms with Crippen molar-refractivity contribution in [2.75, 3.05) is 13.1 Å². The molecule has 0 saturated carbocycles. The van der Waals surface area contributed by atoms with Gasteiger partial charge in [0, 0.05) is 19.1 Å². The molecule has 1 aromatic heterocycles. The van der Waals surface area contributed by atoms with Gasteiger partial charge in [0.1, 0.15) is 4.88 Å². The molecule has 1 aromatic rings. The number of nitrogens with zero attached hydrogens (tertiary/aromatic N) is 2. The van der Waals surface area contributed by atoms with Crippen LogP contribution in [0.5, 0.6) is 0 Å². The third-order valence-electron chi connectivity index (χ3n) is 3.34. The van der Waals surface area contributed by atoms with Crippen molar-refractivity contribution in [3.05, 3.63) is 15.5 Å². The lowest BCUT2D eigenvalue weighted by atomic mass is 9.90. The van der Waals surface area contributed by atoms with Gasteiger partial charge in [0.15, 0.2) is 5.15 Å². The molecule has 0 radical (unpaired) electrons. The van der Waals surface area contributed by atoms with Crippen molar-refractivity contribution in [1.82, 2.24) is 9.88 Å². The molecule has 2 atom stereocenters. The van der Waals surface area contributed by atoms with Crippen molar-refractivity contribution >= 4 is 28.8 Å². The van der Waals surface area contributed by atoms with Crippen molar-refractivity contribution in [1.29, 1.82) is 0 Å². The van der Waals surface area contributed by atoms with Gasteiger partial charge in [0.05, 0.1) is 5.51 Å². The number of hydrogen-bond donors (Lipinski definition) is 1. The van der Waals surface area contributed by atoms with Gasteiger partial charge in [-0.05, 0) is 18.8 Å². The molecule has 6 heteroatoms. The van der Waals surface area contributed by atoms with E-state index in [1.165, 1.54) is 11.3 Å². The maximum Gasteiger partial charge on any atom is 0.267 e. The largest absolute Gasteiger partial charge is 0.333 e. The summed E-state index contributed by atoms with van der Waals surface area (Å²) in [7, 11) is 0. The van der Waals surface area contributed by atoms with Gasteiger partial charge in [-0.2, -0.15) is 0 Å². The monoisotopic (exact) mass is 273 g/mol. The minimum absolute atomic E-state index is 0.0282. The second-order valence-electron chi connectivity index (χ2n) is 4.39. The Morgan fingerprint density at radius 1 is 1.76 bits per heavy atom. The van der Waals surface area contributed by atoms with E-state index in [9.17, 15) is 4.79 Å². The zero-order chi connectivity index (χ0) is 12.4. The lowest BCUT2D eigenvalue weighted by Gasteiger charge is -2.39. The highest BCUT2D eigenvalue weighted by Crippen LogP contribution is 2.27. The summed E-state index contributed by atoms with van der Waals surface area (Å²) in [6, 6.07) is 0.120. The first-order valence-corrected chi connectivity index (χ1v) is 7.01. The van der Waals surface area contributed by atoms with E-state index in [1.54, 1.807) is 5.51 Å². The summed E-state index contributed by atoms with van der Waals surface area (Å²) >= 11 is 7.19. The van der Waals surface area contributed by atoms with Gasteiger partial charge in [0.25, 0.3) is 5.91 Å². The van der Waals surface area contributed by atoms with E-state index in [0.29, 0.717) is 22.5 Å². The minimum Gasteiger partial charge on any atom is -0.333 e.